The van der Waals surface area contributed by atoms with E-state index in [-0.39, 0.29) is 35.6 Å². The summed E-state index contributed by atoms with van der Waals surface area (Å²) in [7, 11) is -3.12. The number of nitrogens with zero attached hydrogens (tertiary/aromatic N) is 2. The van der Waals surface area contributed by atoms with Gasteiger partial charge in [-0.3, -0.25) is 9.59 Å². The number of amidine groups is 1. The zero-order valence-corrected chi connectivity index (χ0v) is 16.2. The van der Waals surface area contributed by atoms with E-state index in [4.69, 9.17) is 5.11 Å². The number of sulfone groups is 1. The molecule has 0 aromatic heterocycles. The third-order valence-electron chi connectivity index (χ3n) is 3.93. The predicted octanol–water partition coefficient (Wildman–Crippen LogP) is 1.92. The molecule has 1 aromatic carbocycles. The fourth-order valence-corrected chi connectivity index (χ4v) is 7.19. The van der Waals surface area contributed by atoms with Crippen LogP contribution in [0.2, 0.25) is 0 Å². The van der Waals surface area contributed by atoms with Crippen LogP contribution >= 0.6 is 27.7 Å². The van der Waals surface area contributed by atoms with Crippen LogP contribution < -0.4 is 4.90 Å². The van der Waals surface area contributed by atoms with E-state index >= 15 is 0 Å². The van der Waals surface area contributed by atoms with E-state index in [9.17, 15) is 18.0 Å². The molecule has 2 saturated heterocycles. The first-order chi connectivity index (χ1) is 11.7. The molecule has 0 unspecified atom stereocenters. The molecule has 0 radical (unpaired) electrons. The van der Waals surface area contributed by atoms with Crippen LogP contribution in [0.1, 0.15) is 12.8 Å². The third-order valence-corrected chi connectivity index (χ3v) is 7.63. The molecule has 7 nitrogen and oxygen atoms in total. The minimum Gasteiger partial charge on any atom is -0.481 e. The van der Waals surface area contributed by atoms with E-state index in [0.717, 1.165) is 10.2 Å². The van der Waals surface area contributed by atoms with Crippen LogP contribution in [0.3, 0.4) is 0 Å². The second-order valence-electron chi connectivity index (χ2n) is 5.83. The summed E-state index contributed by atoms with van der Waals surface area (Å²) in [5.41, 5.74) is 0.747. The number of hydrogen-bond donors (Lipinski definition) is 1. The monoisotopic (exact) mass is 446 g/mol. The average molecular weight is 447 g/mol. The number of halogens is 1. The van der Waals surface area contributed by atoms with Crippen molar-refractivity contribution in [1.82, 2.24) is 0 Å². The number of hydrogen-bond acceptors (Lipinski definition) is 5. The highest BCUT2D eigenvalue weighted by molar-refractivity contribution is 9.10. The Hall–Kier alpha value is -1.39. The van der Waals surface area contributed by atoms with Gasteiger partial charge in [0, 0.05) is 21.8 Å². The number of carboxylic acids is 1. The molecule has 25 heavy (non-hydrogen) atoms. The van der Waals surface area contributed by atoms with Crippen molar-refractivity contribution in [3.05, 3.63) is 28.7 Å². The van der Waals surface area contributed by atoms with Crippen molar-refractivity contribution in [1.29, 1.82) is 0 Å². The molecule has 2 heterocycles. The molecular formula is C15H15BrN2O5S2. The predicted molar refractivity (Wildman–Crippen MR) is 99.8 cm³/mol. The highest BCUT2D eigenvalue weighted by Gasteiger charge is 2.49. The molecule has 1 aromatic rings. The second kappa shape index (κ2) is 7.08. The lowest BCUT2D eigenvalue weighted by atomic mass is 10.2. The Morgan fingerprint density at radius 3 is 2.76 bits per heavy atom. The molecule has 0 spiro atoms. The average Bonchev–Trinajstić information content (AvgIpc) is 2.96. The molecule has 10 heteroatoms. The number of carbonyl (C=O) groups excluding carboxylic acids is 1. The van der Waals surface area contributed by atoms with Crippen molar-refractivity contribution in [2.24, 2.45) is 4.99 Å². The maximum absolute atomic E-state index is 12.0. The number of fused-ring (bicyclic) bond motifs is 1. The number of anilines is 1. The number of rotatable bonds is 4. The zero-order chi connectivity index (χ0) is 18.2. The molecular weight excluding hydrogens is 432 g/mol. The number of thioether (sulfide) groups is 1. The standard InChI is InChI=1S/C15H15BrN2O5S2/c16-9-2-1-3-10(6-9)18-11-7-25(22,23)8-12(11)24-15(18)17-13(19)4-5-14(20)21/h1-3,6,11-12H,4-5,7-8H2,(H,20,21)/t11-,12-/m1/s1. The number of benzene rings is 1. The van der Waals surface area contributed by atoms with Crippen LogP contribution in [-0.4, -0.2) is 53.4 Å². The molecule has 134 valence electrons. The Morgan fingerprint density at radius 2 is 2.08 bits per heavy atom. The van der Waals surface area contributed by atoms with Gasteiger partial charge in [0.2, 0.25) is 5.91 Å². The van der Waals surface area contributed by atoms with Gasteiger partial charge in [-0.2, -0.15) is 4.99 Å². The molecule has 2 aliphatic heterocycles. The third kappa shape index (κ3) is 4.24. The van der Waals surface area contributed by atoms with Gasteiger partial charge in [-0.05, 0) is 18.2 Å². The lowest BCUT2D eigenvalue weighted by Gasteiger charge is -2.24. The van der Waals surface area contributed by atoms with Gasteiger partial charge in [0.1, 0.15) is 0 Å². The summed E-state index contributed by atoms with van der Waals surface area (Å²) < 4.78 is 24.8. The summed E-state index contributed by atoms with van der Waals surface area (Å²) in [6.45, 7) is 0. The van der Waals surface area contributed by atoms with E-state index in [1.165, 1.54) is 11.8 Å². The number of carbonyl (C=O) groups is 2. The van der Waals surface area contributed by atoms with Gasteiger partial charge in [-0.25, -0.2) is 8.42 Å². The maximum Gasteiger partial charge on any atom is 0.303 e. The van der Waals surface area contributed by atoms with Crippen molar-refractivity contribution in [3.8, 4) is 0 Å². The van der Waals surface area contributed by atoms with Gasteiger partial charge in [-0.15, -0.1) is 0 Å². The van der Waals surface area contributed by atoms with E-state index in [2.05, 4.69) is 20.9 Å². The number of amides is 1. The summed E-state index contributed by atoms with van der Waals surface area (Å²) in [5, 5.41) is 8.93. The summed E-state index contributed by atoms with van der Waals surface area (Å²) >= 11 is 4.66. The lowest BCUT2D eigenvalue weighted by molar-refractivity contribution is -0.138. The van der Waals surface area contributed by atoms with Gasteiger partial charge in [0.15, 0.2) is 15.0 Å². The molecule has 2 aliphatic rings. The number of carboxylic acid groups (broad SMARTS) is 1. The van der Waals surface area contributed by atoms with Crippen molar-refractivity contribution in [2.45, 2.75) is 24.1 Å². The second-order valence-corrected chi connectivity index (χ2v) is 10.1. The van der Waals surface area contributed by atoms with Crippen LogP contribution in [0.4, 0.5) is 5.69 Å². The highest BCUT2D eigenvalue weighted by atomic mass is 79.9. The van der Waals surface area contributed by atoms with E-state index in [0.29, 0.717) is 5.17 Å². The van der Waals surface area contributed by atoms with E-state index in [1.807, 2.05) is 24.3 Å². The van der Waals surface area contributed by atoms with Crippen LogP contribution in [0, 0.1) is 0 Å². The van der Waals surface area contributed by atoms with Gasteiger partial charge < -0.3 is 10.0 Å². The molecule has 0 saturated carbocycles. The Morgan fingerprint density at radius 1 is 1.32 bits per heavy atom. The molecule has 2 fully saturated rings. The Kier molecular flexibility index (Phi) is 5.21. The normalized spacial score (nSPS) is 26.0. The van der Waals surface area contributed by atoms with Gasteiger partial charge in [0.05, 0.1) is 24.0 Å². The minimum absolute atomic E-state index is 0.0134. The number of aliphatic imine (C=N–C) groups is 1. The van der Waals surface area contributed by atoms with Crippen molar-refractivity contribution >= 4 is 60.3 Å². The lowest BCUT2D eigenvalue weighted by Crippen LogP contribution is -2.37. The van der Waals surface area contributed by atoms with E-state index < -0.39 is 21.7 Å². The fraction of sp³-hybridized carbons (Fsp3) is 0.400. The van der Waals surface area contributed by atoms with Gasteiger partial charge >= 0.3 is 5.97 Å². The molecule has 1 N–H and O–H groups in total. The van der Waals surface area contributed by atoms with Crippen molar-refractivity contribution < 1.29 is 23.1 Å². The molecule has 0 bridgehead atoms. The molecule has 3 rings (SSSR count). The summed E-state index contributed by atoms with van der Waals surface area (Å²) in [6, 6.07) is 7.06. The Bertz CT molecular complexity index is 855. The Balaban J connectivity index is 1.92. The summed E-state index contributed by atoms with van der Waals surface area (Å²) in [5.74, 6) is -1.51. The highest BCUT2D eigenvalue weighted by Crippen LogP contribution is 2.41. The van der Waals surface area contributed by atoms with E-state index in [1.54, 1.807) is 4.90 Å². The molecule has 1 amide bonds. The van der Waals surface area contributed by atoms with Crippen LogP contribution in [-0.2, 0) is 19.4 Å². The first-order valence-corrected chi connectivity index (χ1v) is 11.0. The first-order valence-electron chi connectivity index (χ1n) is 7.50. The largest absolute Gasteiger partial charge is 0.481 e. The number of aliphatic carboxylic acids is 1. The summed E-state index contributed by atoms with van der Waals surface area (Å²) in [4.78, 5) is 28.4. The minimum atomic E-state index is -3.12. The van der Waals surface area contributed by atoms with Crippen molar-refractivity contribution in [3.63, 3.8) is 0 Å². The van der Waals surface area contributed by atoms with Crippen LogP contribution in [0.5, 0.6) is 0 Å². The van der Waals surface area contributed by atoms with Gasteiger partial charge in [-0.1, -0.05) is 33.8 Å². The molecule has 2 atom stereocenters. The Labute approximate surface area is 157 Å². The first kappa shape index (κ1) is 18.4. The van der Waals surface area contributed by atoms with Crippen LogP contribution in [0.25, 0.3) is 0 Å². The maximum atomic E-state index is 12.0. The van der Waals surface area contributed by atoms with Gasteiger partial charge in [0.25, 0.3) is 0 Å². The molecule has 0 aliphatic carbocycles. The fourth-order valence-electron chi connectivity index (χ4n) is 2.87. The van der Waals surface area contributed by atoms with Crippen LogP contribution in [0.15, 0.2) is 33.7 Å². The smallest absolute Gasteiger partial charge is 0.303 e. The topological polar surface area (TPSA) is 104 Å². The quantitative estimate of drug-likeness (QED) is 0.752. The zero-order valence-electron chi connectivity index (χ0n) is 13.0. The summed E-state index contributed by atoms with van der Waals surface area (Å²) in [6.07, 6.45) is -0.461. The SMILES string of the molecule is O=C(O)CCC(=O)N=C1S[C@@H]2CS(=O)(=O)C[C@H]2N1c1cccc(Br)c1. The van der Waals surface area contributed by atoms with Crippen molar-refractivity contribution in [2.75, 3.05) is 16.4 Å².